The molecule has 2 heterocycles. The molecule has 5 rings (SSSR count). The SMILES string of the molecule is O=C(Nc1nc2ccccc2s1)c1ccc(C(=O)N2CCN(C(=O)Nc3ccc(Cl)cc3)CC2)cc1. The van der Waals surface area contributed by atoms with Crippen LogP contribution in [0.25, 0.3) is 10.2 Å². The summed E-state index contributed by atoms with van der Waals surface area (Å²) in [5.74, 6) is -0.417. The summed E-state index contributed by atoms with van der Waals surface area (Å²) in [4.78, 5) is 45.9. The van der Waals surface area contributed by atoms with Crippen LogP contribution in [0.4, 0.5) is 15.6 Å². The quantitative estimate of drug-likeness (QED) is 0.388. The third-order valence-corrected chi connectivity index (χ3v) is 7.06. The highest BCUT2D eigenvalue weighted by molar-refractivity contribution is 7.22. The van der Waals surface area contributed by atoms with E-state index in [0.717, 1.165) is 10.2 Å². The van der Waals surface area contributed by atoms with Crippen LogP contribution in [0.1, 0.15) is 20.7 Å². The summed E-state index contributed by atoms with van der Waals surface area (Å²) in [5, 5.41) is 6.78. The molecular formula is C26H22ClN5O3S. The molecule has 3 aromatic carbocycles. The summed E-state index contributed by atoms with van der Waals surface area (Å²) in [7, 11) is 0. The van der Waals surface area contributed by atoms with Gasteiger partial charge in [-0.3, -0.25) is 14.9 Å². The summed E-state index contributed by atoms with van der Waals surface area (Å²) >= 11 is 7.29. The minimum absolute atomic E-state index is 0.133. The molecule has 36 heavy (non-hydrogen) atoms. The molecule has 182 valence electrons. The average Bonchev–Trinajstić information content (AvgIpc) is 3.32. The van der Waals surface area contributed by atoms with Crippen LogP contribution in [0.3, 0.4) is 0 Å². The van der Waals surface area contributed by atoms with Crippen LogP contribution in [0.5, 0.6) is 0 Å². The van der Waals surface area contributed by atoms with E-state index in [4.69, 9.17) is 11.6 Å². The van der Waals surface area contributed by atoms with Gasteiger partial charge in [0.2, 0.25) is 0 Å². The standard InChI is InChI=1S/C26H22ClN5O3S/c27-19-9-11-20(12-10-19)28-26(35)32-15-13-31(14-16-32)24(34)18-7-5-17(6-8-18)23(33)30-25-29-21-3-1-2-4-22(21)36-25/h1-12H,13-16H2,(H,28,35)(H,29,30,33). The van der Waals surface area contributed by atoms with E-state index in [1.54, 1.807) is 58.3 Å². The van der Waals surface area contributed by atoms with Gasteiger partial charge in [-0.2, -0.15) is 0 Å². The number of hydrogen-bond acceptors (Lipinski definition) is 5. The summed E-state index contributed by atoms with van der Waals surface area (Å²) in [6, 6.07) is 20.9. The van der Waals surface area contributed by atoms with E-state index < -0.39 is 0 Å². The van der Waals surface area contributed by atoms with Gasteiger partial charge in [0.05, 0.1) is 10.2 Å². The number of carbonyl (C=O) groups excluding carboxylic acids is 3. The Hall–Kier alpha value is -3.95. The van der Waals surface area contributed by atoms with E-state index in [9.17, 15) is 14.4 Å². The fraction of sp³-hybridized carbons (Fsp3) is 0.154. The Balaban J connectivity index is 1.14. The van der Waals surface area contributed by atoms with Gasteiger partial charge in [0.15, 0.2) is 5.13 Å². The van der Waals surface area contributed by atoms with E-state index in [-0.39, 0.29) is 17.8 Å². The van der Waals surface area contributed by atoms with Crippen LogP contribution in [0.15, 0.2) is 72.8 Å². The molecule has 8 nitrogen and oxygen atoms in total. The van der Waals surface area contributed by atoms with Gasteiger partial charge in [0.1, 0.15) is 0 Å². The predicted molar refractivity (Wildman–Crippen MR) is 142 cm³/mol. The molecule has 4 amide bonds. The van der Waals surface area contributed by atoms with Crippen molar-refractivity contribution < 1.29 is 14.4 Å². The molecule has 1 aromatic heterocycles. The predicted octanol–water partition coefficient (Wildman–Crippen LogP) is 5.19. The van der Waals surface area contributed by atoms with Crippen LogP contribution in [-0.2, 0) is 0 Å². The Morgan fingerprint density at radius 2 is 1.42 bits per heavy atom. The molecule has 1 aliphatic heterocycles. The first-order chi connectivity index (χ1) is 17.5. The van der Waals surface area contributed by atoms with Gasteiger partial charge >= 0.3 is 6.03 Å². The number of nitrogens with one attached hydrogen (secondary N) is 2. The van der Waals surface area contributed by atoms with Crippen molar-refractivity contribution in [3.63, 3.8) is 0 Å². The Bertz CT molecular complexity index is 1380. The summed E-state index contributed by atoms with van der Waals surface area (Å²) in [6.07, 6.45) is 0. The van der Waals surface area contributed by atoms with Crippen molar-refractivity contribution in [2.45, 2.75) is 0 Å². The van der Waals surface area contributed by atoms with Crippen LogP contribution in [-0.4, -0.2) is 58.8 Å². The minimum Gasteiger partial charge on any atom is -0.335 e. The van der Waals surface area contributed by atoms with E-state index in [1.807, 2.05) is 24.3 Å². The lowest BCUT2D eigenvalue weighted by Crippen LogP contribution is -2.51. The summed E-state index contributed by atoms with van der Waals surface area (Å²) in [6.45, 7) is 1.70. The van der Waals surface area contributed by atoms with E-state index in [0.29, 0.717) is 53.1 Å². The van der Waals surface area contributed by atoms with Crippen LogP contribution in [0.2, 0.25) is 5.02 Å². The second-order valence-corrected chi connectivity index (χ2v) is 9.70. The fourth-order valence-electron chi connectivity index (χ4n) is 3.89. The van der Waals surface area contributed by atoms with Gasteiger partial charge in [0, 0.05) is 48.0 Å². The number of amides is 4. The fourth-order valence-corrected chi connectivity index (χ4v) is 4.88. The molecule has 0 unspecified atom stereocenters. The van der Waals surface area contributed by atoms with E-state index in [2.05, 4.69) is 15.6 Å². The number of aromatic nitrogens is 1. The van der Waals surface area contributed by atoms with Crippen molar-refractivity contribution in [2.24, 2.45) is 0 Å². The van der Waals surface area contributed by atoms with Crippen molar-refractivity contribution in [1.82, 2.24) is 14.8 Å². The molecule has 1 aliphatic rings. The summed E-state index contributed by atoms with van der Waals surface area (Å²) < 4.78 is 0.997. The van der Waals surface area contributed by atoms with Crippen molar-refractivity contribution in [1.29, 1.82) is 0 Å². The van der Waals surface area contributed by atoms with Crippen molar-refractivity contribution >= 4 is 61.8 Å². The lowest BCUT2D eigenvalue weighted by atomic mass is 10.1. The lowest BCUT2D eigenvalue weighted by molar-refractivity contribution is 0.0671. The Morgan fingerprint density at radius 1 is 0.778 bits per heavy atom. The van der Waals surface area contributed by atoms with Crippen molar-refractivity contribution in [3.05, 3.63) is 88.9 Å². The number of fused-ring (bicyclic) bond motifs is 1. The van der Waals surface area contributed by atoms with Gasteiger partial charge in [0.25, 0.3) is 11.8 Å². The zero-order chi connectivity index (χ0) is 25.1. The number of carbonyl (C=O) groups is 3. The zero-order valence-electron chi connectivity index (χ0n) is 19.1. The number of nitrogens with zero attached hydrogens (tertiary/aromatic N) is 3. The maximum Gasteiger partial charge on any atom is 0.321 e. The number of thiazole rings is 1. The van der Waals surface area contributed by atoms with Crippen LogP contribution >= 0.6 is 22.9 Å². The maximum absolute atomic E-state index is 13.0. The van der Waals surface area contributed by atoms with Gasteiger partial charge in [-0.05, 0) is 60.7 Å². The molecule has 0 radical (unpaired) electrons. The molecule has 0 spiro atoms. The second-order valence-electron chi connectivity index (χ2n) is 8.23. The number of benzene rings is 3. The maximum atomic E-state index is 13.0. The van der Waals surface area contributed by atoms with Crippen LogP contribution < -0.4 is 10.6 Å². The molecule has 0 aliphatic carbocycles. The Kier molecular flexibility index (Phi) is 6.84. The first-order valence-electron chi connectivity index (χ1n) is 11.3. The molecule has 4 aromatic rings. The first-order valence-corrected chi connectivity index (χ1v) is 12.5. The number of urea groups is 1. The lowest BCUT2D eigenvalue weighted by Gasteiger charge is -2.34. The minimum atomic E-state index is -0.284. The number of rotatable bonds is 4. The largest absolute Gasteiger partial charge is 0.335 e. The molecule has 0 bridgehead atoms. The smallest absolute Gasteiger partial charge is 0.321 e. The number of piperazine rings is 1. The summed E-state index contributed by atoms with van der Waals surface area (Å²) in [5.41, 5.74) is 2.43. The third kappa shape index (κ3) is 5.32. The number of hydrogen-bond donors (Lipinski definition) is 2. The molecule has 0 saturated carbocycles. The normalized spacial score (nSPS) is 13.5. The molecular weight excluding hydrogens is 498 g/mol. The second kappa shape index (κ2) is 10.3. The Labute approximate surface area is 216 Å². The molecule has 1 fully saturated rings. The highest BCUT2D eigenvalue weighted by Gasteiger charge is 2.25. The van der Waals surface area contributed by atoms with Gasteiger partial charge < -0.3 is 15.1 Å². The molecule has 10 heteroatoms. The highest BCUT2D eigenvalue weighted by Crippen LogP contribution is 2.26. The Morgan fingerprint density at radius 3 is 2.11 bits per heavy atom. The zero-order valence-corrected chi connectivity index (χ0v) is 20.7. The number of halogens is 1. The van der Waals surface area contributed by atoms with Crippen LogP contribution in [0, 0.1) is 0 Å². The van der Waals surface area contributed by atoms with Gasteiger partial charge in [-0.1, -0.05) is 35.1 Å². The highest BCUT2D eigenvalue weighted by atomic mass is 35.5. The third-order valence-electron chi connectivity index (χ3n) is 5.86. The van der Waals surface area contributed by atoms with Gasteiger partial charge in [-0.25, -0.2) is 9.78 Å². The van der Waals surface area contributed by atoms with E-state index in [1.165, 1.54) is 11.3 Å². The van der Waals surface area contributed by atoms with Crippen molar-refractivity contribution in [2.75, 3.05) is 36.8 Å². The monoisotopic (exact) mass is 519 g/mol. The van der Waals surface area contributed by atoms with E-state index >= 15 is 0 Å². The first kappa shape index (κ1) is 23.8. The molecule has 2 N–H and O–H groups in total. The molecule has 1 saturated heterocycles. The van der Waals surface area contributed by atoms with Crippen molar-refractivity contribution in [3.8, 4) is 0 Å². The molecule has 0 atom stereocenters. The number of para-hydroxylation sites is 1. The number of anilines is 2. The topological polar surface area (TPSA) is 94.6 Å². The van der Waals surface area contributed by atoms with Gasteiger partial charge in [-0.15, -0.1) is 0 Å². The average molecular weight is 520 g/mol.